The van der Waals surface area contributed by atoms with Gasteiger partial charge >= 0.3 is 5.97 Å². The van der Waals surface area contributed by atoms with Crippen molar-refractivity contribution in [3.8, 4) is 5.75 Å². The van der Waals surface area contributed by atoms with Gasteiger partial charge in [0, 0.05) is 12.0 Å². The minimum atomic E-state index is -4.63. The molecule has 1 amide bonds. The number of hydrogen-bond acceptors (Lipinski definition) is 6. The van der Waals surface area contributed by atoms with Crippen molar-refractivity contribution in [2.45, 2.75) is 26.3 Å². The highest BCUT2D eigenvalue weighted by Crippen LogP contribution is 2.21. The molecule has 10 heteroatoms. The van der Waals surface area contributed by atoms with Crippen LogP contribution in [0.15, 0.2) is 18.2 Å². The Morgan fingerprint density at radius 2 is 1.81 bits per heavy atom. The Morgan fingerprint density at radius 1 is 1.19 bits per heavy atom. The standard InChI is InChI=1S/C16H21NO8S/c1-9(2)6-14(18)12-7-10(25-3)4-5-11(12)15(19)17-13(16(20)21)8-26(22,23)24/h4-5,7,9,13H,6,8H2,1-3H3,(H,17,19)(H,20,21)(H,22,23,24). The van der Waals surface area contributed by atoms with Crippen molar-refractivity contribution in [3.63, 3.8) is 0 Å². The third-order valence-electron chi connectivity index (χ3n) is 3.35. The van der Waals surface area contributed by atoms with E-state index >= 15 is 0 Å². The van der Waals surface area contributed by atoms with Gasteiger partial charge in [0.25, 0.3) is 16.0 Å². The fourth-order valence-electron chi connectivity index (χ4n) is 2.18. The third-order valence-corrected chi connectivity index (χ3v) is 4.10. The minimum Gasteiger partial charge on any atom is -0.497 e. The summed E-state index contributed by atoms with van der Waals surface area (Å²) in [7, 11) is -3.24. The average Bonchev–Trinajstić information content (AvgIpc) is 2.51. The van der Waals surface area contributed by atoms with E-state index in [1.54, 1.807) is 0 Å². The predicted molar refractivity (Wildman–Crippen MR) is 92.1 cm³/mol. The maximum atomic E-state index is 12.4. The summed E-state index contributed by atoms with van der Waals surface area (Å²) >= 11 is 0. The largest absolute Gasteiger partial charge is 0.497 e. The van der Waals surface area contributed by atoms with Crippen LogP contribution in [0.5, 0.6) is 5.75 Å². The summed E-state index contributed by atoms with van der Waals surface area (Å²) in [6, 6.07) is 2.19. The van der Waals surface area contributed by atoms with Crippen LogP contribution in [0.4, 0.5) is 0 Å². The van der Waals surface area contributed by atoms with Crippen LogP contribution in [0.3, 0.4) is 0 Å². The highest BCUT2D eigenvalue weighted by Gasteiger charge is 2.28. The van der Waals surface area contributed by atoms with Crippen molar-refractivity contribution in [1.29, 1.82) is 0 Å². The lowest BCUT2D eigenvalue weighted by atomic mass is 9.96. The lowest BCUT2D eigenvalue weighted by molar-refractivity contribution is -0.138. The molecule has 0 aromatic heterocycles. The van der Waals surface area contributed by atoms with Crippen LogP contribution in [0, 0.1) is 5.92 Å². The summed E-state index contributed by atoms with van der Waals surface area (Å²) < 4.78 is 35.7. The molecule has 144 valence electrons. The smallest absolute Gasteiger partial charge is 0.327 e. The molecule has 0 aliphatic heterocycles. The number of benzene rings is 1. The van der Waals surface area contributed by atoms with Crippen molar-refractivity contribution in [3.05, 3.63) is 29.3 Å². The Hall–Kier alpha value is -2.46. The maximum absolute atomic E-state index is 12.4. The summed E-state index contributed by atoms with van der Waals surface area (Å²) in [6.07, 6.45) is 0.154. The molecule has 0 fully saturated rings. The summed E-state index contributed by atoms with van der Waals surface area (Å²) in [5, 5.41) is 11.0. The number of Topliss-reactive ketones (excluding diaryl/α,β-unsaturated/α-hetero) is 1. The van der Waals surface area contributed by atoms with Crippen LogP contribution < -0.4 is 10.1 Å². The fourth-order valence-corrected chi connectivity index (χ4v) is 2.83. The van der Waals surface area contributed by atoms with E-state index in [2.05, 4.69) is 0 Å². The molecule has 1 rings (SSSR count). The Balaban J connectivity index is 3.21. The van der Waals surface area contributed by atoms with Gasteiger partial charge in [-0.2, -0.15) is 8.42 Å². The number of carbonyl (C=O) groups is 3. The van der Waals surface area contributed by atoms with E-state index in [0.29, 0.717) is 5.75 Å². The monoisotopic (exact) mass is 387 g/mol. The van der Waals surface area contributed by atoms with Crippen LogP contribution in [0.2, 0.25) is 0 Å². The number of aliphatic carboxylic acids is 1. The number of hydrogen-bond donors (Lipinski definition) is 3. The lowest BCUT2D eigenvalue weighted by Gasteiger charge is -2.16. The zero-order chi connectivity index (χ0) is 20.1. The predicted octanol–water partition coefficient (Wildman–Crippen LogP) is 0.995. The van der Waals surface area contributed by atoms with E-state index < -0.39 is 33.8 Å². The molecule has 0 saturated heterocycles. The van der Waals surface area contributed by atoms with Crippen molar-refractivity contribution in [1.82, 2.24) is 5.32 Å². The van der Waals surface area contributed by atoms with Gasteiger partial charge in [-0.05, 0) is 24.1 Å². The van der Waals surface area contributed by atoms with Gasteiger partial charge in [-0.3, -0.25) is 14.1 Å². The Bertz CT molecular complexity index is 800. The van der Waals surface area contributed by atoms with Gasteiger partial charge in [-0.15, -0.1) is 0 Å². The number of carboxylic acids is 1. The quantitative estimate of drug-likeness (QED) is 0.420. The second-order valence-corrected chi connectivity index (χ2v) is 7.54. The Morgan fingerprint density at radius 3 is 2.27 bits per heavy atom. The van der Waals surface area contributed by atoms with Crippen LogP contribution in [-0.2, 0) is 14.9 Å². The zero-order valence-electron chi connectivity index (χ0n) is 14.6. The molecule has 3 N–H and O–H groups in total. The first-order chi connectivity index (χ1) is 11.9. The molecule has 0 saturated carbocycles. The summed E-state index contributed by atoms with van der Waals surface area (Å²) in [6.45, 7) is 3.65. The number of amides is 1. The van der Waals surface area contributed by atoms with Crippen LogP contribution >= 0.6 is 0 Å². The van der Waals surface area contributed by atoms with Gasteiger partial charge in [0.1, 0.15) is 17.5 Å². The van der Waals surface area contributed by atoms with Crippen LogP contribution in [0.25, 0.3) is 0 Å². The molecule has 1 aromatic rings. The molecule has 0 spiro atoms. The molecule has 0 bridgehead atoms. The van der Waals surface area contributed by atoms with Gasteiger partial charge in [0.2, 0.25) is 0 Å². The number of ketones is 1. The third kappa shape index (κ3) is 6.45. The second kappa shape index (κ2) is 8.77. The van der Waals surface area contributed by atoms with Crippen LogP contribution in [0.1, 0.15) is 41.0 Å². The Kier molecular flexibility index (Phi) is 7.28. The highest BCUT2D eigenvalue weighted by molar-refractivity contribution is 7.85. The van der Waals surface area contributed by atoms with Gasteiger partial charge in [-0.1, -0.05) is 13.8 Å². The van der Waals surface area contributed by atoms with Gasteiger partial charge < -0.3 is 15.2 Å². The molecular weight excluding hydrogens is 366 g/mol. The van der Waals surface area contributed by atoms with Crippen molar-refractivity contribution >= 4 is 27.8 Å². The van der Waals surface area contributed by atoms with E-state index in [1.807, 2.05) is 19.2 Å². The number of rotatable bonds is 9. The molecule has 0 radical (unpaired) electrons. The molecule has 9 nitrogen and oxygen atoms in total. The normalized spacial score (nSPS) is 12.5. The highest BCUT2D eigenvalue weighted by atomic mass is 32.2. The molecule has 0 aliphatic rings. The average molecular weight is 387 g/mol. The maximum Gasteiger partial charge on any atom is 0.327 e. The van der Waals surface area contributed by atoms with Gasteiger partial charge in [-0.25, -0.2) is 4.79 Å². The minimum absolute atomic E-state index is 0.0240. The van der Waals surface area contributed by atoms with Gasteiger partial charge in [0.15, 0.2) is 5.78 Å². The molecule has 26 heavy (non-hydrogen) atoms. The molecule has 1 unspecified atom stereocenters. The second-order valence-electron chi connectivity index (χ2n) is 6.05. The first kappa shape index (κ1) is 21.6. The first-order valence-corrected chi connectivity index (χ1v) is 9.25. The van der Waals surface area contributed by atoms with Crippen molar-refractivity contribution in [2.75, 3.05) is 12.9 Å². The van der Waals surface area contributed by atoms with Crippen molar-refractivity contribution < 1.29 is 37.2 Å². The summed E-state index contributed by atoms with van der Waals surface area (Å²) in [4.78, 5) is 36.0. The topological polar surface area (TPSA) is 147 Å². The number of methoxy groups -OCH3 is 1. The first-order valence-electron chi connectivity index (χ1n) is 7.64. The summed E-state index contributed by atoms with van der Waals surface area (Å²) in [5.41, 5.74) is -0.0791. The molecule has 1 atom stereocenters. The van der Waals surface area contributed by atoms with E-state index in [0.717, 1.165) is 0 Å². The Labute approximate surface area is 151 Å². The van der Waals surface area contributed by atoms with E-state index in [1.165, 1.54) is 25.3 Å². The van der Waals surface area contributed by atoms with E-state index in [9.17, 15) is 22.8 Å². The van der Waals surface area contributed by atoms with E-state index in [4.69, 9.17) is 14.4 Å². The van der Waals surface area contributed by atoms with Gasteiger partial charge in [0.05, 0.1) is 12.7 Å². The zero-order valence-corrected chi connectivity index (χ0v) is 15.4. The lowest BCUT2D eigenvalue weighted by Crippen LogP contribution is -2.45. The SMILES string of the molecule is COc1ccc(C(=O)NC(CS(=O)(=O)O)C(=O)O)c(C(=O)CC(C)C)c1. The molecule has 0 heterocycles. The van der Waals surface area contributed by atoms with E-state index in [-0.39, 0.29) is 29.2 Å². The fraction of sp³-hybridized carbons (Fsp3) is 0.438. The summed E-state index contributed by atoms with van der Waals surface area (Å²) in [5.74, 6) is -3.77. The number of carbonyl (C=O) groups excluding carboxylic acids is 2. The van der Waals surface area contributed by atoms with Crippen LogP contribution in [-0.4, -0.2) is 54.6 Å². The molecule has 0 aliphatic carbocycles. The number of nitrogens with one attached hydrogen (secondary N) is 1. The molecular formula is C16H21NO8S. The van der Waals surface area contributed by atoms with Crippen molar-refractivity contribution in [2.24, 2.45) is 5.92 Å². The molecule has 1 aromatic carbocycles. The number of ether oxygens (including phenoxy) is 1. The number of carboxylic acid groups (broad SMARTS) is 1.